The van der Waals surface area contributed by atoms with Crippen LogP contribution in [0.25, 0.3) is 10.9 Å². The van der Waals surface area contributed by atoms with Crippen LogP contribution in [0.3, 0.4) is 0 Å². The predicted molar refractivity (Wildman–Crippen MR) is 110 cm³/mol. The van der Waals surface area contributed by atoms with Crippen LogP contribution >= 0.6 is 0 Å². The van der Waals surface area contributed by atoms with Gasteiger partial charge in [-0.2, -0.15) is 0 Å². The normalized spacial score (nSPS) is 15.5. The molecule has 0 fully saturated rings. The van der Waals surface area contributed by atoms with Crippen molar-refractivity contribution in [3.8, 4) is 0 Å². The van der Waals surface area contributed by atoms with Crippen LogP contribution in [-0.4, -0.2) is 4.98 Å². The first kappa shape index (κ1) is 16.3. The Hall–Kier alpha value is -3.13. The molecule has 4 rings (SSSR count). The summed E-state index contributed by atoms with van der Waals surface area (Å²) in [6.07, 6.45) is 12.8. The molecule has 1 heterocycles. The number of benzene rings is 2. The number of anilines is 2. The van der Waals surface area contributed by atoms with Gasteiger partial charge in [0, 0.05) is 34.1 Å². The Kier molecular flexibility index (Phi) is 4.18. The molecule has 2 nitrogen and oxygen atoms in total. The van der Waals surface area contributed by atoms with Gasteiger partial charge in [0.15, 0.2) is 0 Å². The molecule has 1 aromatic heterocycles. The van der Waals surface area contributed by atoms with Crippen LogP contribution in [0, 0.1) is 5.41 Å². The maximum atomic E-state index is 4.53. The van der Waals surface area contributed by atoms with Gasteiger partial charge in [-0.3, -0.25) is 4.98 Å². The van der Waals surface area contributed by atoms with Crippen LogP contribution in [0.4, 0.5) is 11.4 Å². The van der Waals surface area contributed by atoms with Crippen molar-refractivity contribution in [2.24, 2.45) is 5.41 Å². The van der Waals surface area contributed by atoms with Gasteiger partial charge >= 0.3 is 0 Å². The molecule has 0 atom stereocenters. The zero-order valence-electron chi connectivity index (χ0n) is 15.1. The van der Waals surface area contributed by atoms with Crippen molar-refractivity contribution < 1.29 is 0 Å². The Morgan fingerprint density at radius 3 is 2.54 bits per heavy atom. The van der Waals surface area contributed by atoms with Gasteiger partial charge in [-0.25, -0.2) is 0 Å². The minimum atomic E-state index is 0.0472. The second-order valence-corrected chi connectivity index (χ2v) is 7.16. The Morgan fingerprint density at radius 2 is 1.69 bits per heavy atom. The van der Waals surface area contributed by atoms with E-state index in [4.69, 9.17) is 0 Å². The SMILES string of the molecule is CC1(C)C=CC=C(N(c2ccccc2)c2ccc3cccnc3c2)C=C1. The molecule has 1 aliphatic rings. The molecular formula is C24H22N2. The van der Waals surface area contributed by atoms with E-state index in [0.717, 1.165) is 28.0 Å². The van der Waals surface area contributed by atoms with Crippen molar-refractivity contribution in [2.75, 3.05) is 4.90 Å². The molecule has 1 aliphatic carbocycles. The minimum Gasteiger partial charge on any atom is -0.310 e. The fourth-order valence-corrected chi connectivity index (χ4v) is 3.17. The van der Waals surface area contributed by atoms with Crippen molar-refractivity contribution in [3.05, 3.63) is 103 Å². The van der Waals surface area contributed by atoms with Crippen LogP contribution in [0.2, 0.25) is 0 Å². The number of aromatic nitrogens is 1. The second kappa shape index (κ2) is 6.64. The van der Waals surface area contributed by atoms with E-state index in [9.17, 15) is 0 Å². The van der Waals surface area contributed by atoms with Gasteiger partial charge in [-0.15, -0.1) is 0 Å². The summed E-state index contributed by atoms with van der Waals surface area (Å²) < 4.78 is 0. The van der Waals surface area contributed by atoms with Gasteiger partial charge in [-0.05, 0) is 42.5 Å². The Morgan fingerprint density at radius 1 is 0.846 bits per heavy atom. The molecule has 0 unspecified atom stereocenters. The van der Waals surface area contributed by atoms with Crippen molar-refractivity contribution in [3.63, 3.8) is 0 Å². The number of para-hydroxylation sites is 1. The van der Waals surface area contributed by atoms with Crippen LogP contribution in [0.1, 0.15) is 13.8 Å². The highest BCUT2D eigenvalue weighted by Gasteiger charge is 2.17. The van der Waals surface area contributed by atoms with E-state index in [1.54, 1.807) is 0 Å². The number of hydrogen-bond donors (Lipinski definition) is 0. The number of pyridine rings is 1. The Balaban J connectivity index is 1.86. The van der Waals surface area contributed by atoms with Gasteiger partial charge in [0.05, 0.1) is 5.52 Å². The third kappa shape index (κ3) is 3.31. The van der Waals surface area contributed by atoms with E-state index >= 15 is 0 Å². The molecule has 128 valence electrons. The van der Waals surface area contributed by atoms with E-state index in [1.807, 2.05) is 18.3 Å². The van der Waals surface area contributed by atoms with Gasteiger partial charge in [-0.1, -0.05) is 62.4 Å². The fraction of sp³-hybridized carbons (Fsp3) is 0.125. The Bertz CT molecular complexity index is 1010. The fourth-order valence-electron chi connectivity index (χ4n) is 3.17. The van der Waals surface area contributed by atoms with Crippen molar-refractivity contribution in [2.45, 2.75) is 13.8 Å². The molecule has 0 bridgehead atoms. The summed E-state index contributed by atoms with van der Waals surface area (Å²) in [6, 6.07) is 21.0. The molecule has 3 aromatic rings. The monoisotopic (exact) mass is 338 g/mol. The maximum absolute atomic E-state index is 4.53. The first-order valence-electron chi connectivity index (χ1n) is 8.91. The van der Waals surface area contributed by atoms with Gasteiger partial charge in [0.1, 0.15) is 0 Å². The first-order valence-corrected chi connectivity index (χ1v) is 8.91. The van der Waals surface area contributed by atoms with E-state index < -0.39 is 0 Å². The summed E-state index contributed by atoms with van der Waals surface area (Å²) in [5.74, 6) is 0. The lowest BCUT2D eigenvalue weighted by atomic mass is 9.93. The topological polar surface area (TPSA) is 16.1 Å². The molecule has 0 aliphatic heterocycles. The molecule has 0 N–H and O–H groups in total. The molecule has 2 aromatic carbocycles. The average molecular weight is 338 g/mol. The molecule has 0 saturated heterocycles. The molecule has 0 radical (unpaired) electrons. The molecule has 0 spiro atoms. The summed E-state index contributed by atoms with van der Waals surface area (Å²) >= 11 is 0. The lowest BCUT2D eigenvalue weighted by molar-refractivity contribution is 0.627. The molecule has 2 heteroatoms. The largest absolute Gasteiger partial charge is 0.310 e. The summed E-state index contributed by atoms with van der Waals surface area (Å²) in [4.78, 5) is 6.80. The van der Waals surface area contributed by atoms with Crippen LogP contribution in [0.5, 0.6) is 0 Å². The van der Waals surface area contributed by atoms with E-state index in [-0.39, 0.29) is 5.41 Å². The molecule has 26 heavy (non-hydrogen) atoms. The van der Waals surface area contributed by atoms with Crippen molar-refractivity contribution in [1.82, 2.24) is 4.98 Å². The van der Waals surface area contributed by atoms with Gasteiger partial charge < -0.3 is 4.90 Å². The average Bonchev–Trinajstić information content (AvgIpc) is 2.84. The third-order valence-electron chi connectivity index (χ3n) is 4.60. The number of nitrogens with zero attached hydrogens (tertiary/aromatic N) is 2. The minimum absolute atomic E-state index is 0.0472. The number of allylic oxidation sites excluding steroid dienone is 5. The summed E-state index contributed by atoms with van der Waals surface area (Å²) in [6.45, 7) is 4.42. The summed E-state index contributed by atoms with van der Waals surface area (Å²) in [5, 5.41) is 1.15. The second-order valence-electron chi connectivity index (χ2n) is 7.16. The number of rotatable bonds is 3. The summed E-state index contributed by atoms with van der Waals surface area (Å²) in [7, 11) is 0. The zero-order valence-corrected chi connectivity index (χ0v) is 15.1. The molecular weight excluding hydrogens is 316 g/mol. The first-order chi connectivity index (χ1) is 12.6. The van der Waals surface area contributed by atoms with Crippen LogP contribution in [-0.2, 0) is 0 Å². The number of fused-ring (bicyclic) bond motifs is 1. The van der Waals surface area contributed by atoms with E-state index in [0.29, 0.717) is 0 Å². The predicted octanol–water partition coefficient (Wildman–Crippen LogP) is 6.41. The standard InChI is InChI=1S/C24H22N2/c1-24(2)15-6-11-21(14-16-24)26(20-9-4-3-5-10-20)22-13-12-19-8-7-17-25-23(19)18-22/h3-18H,1-2H3. The lowest BCUT2D eigenvalue weighted by Gasteiger charge is -2.26. The van der Waals surface area contributed by atoms with Crippen LogP contribution < -0.4 is 4.90 Å². The van der Waals surface area contributed by atoms with E-state index in [1.165, 1.54) is 0 Å². The summed E-state index contributed by atoms with van der Waals surface area (Å²) in [5.41, 5.74) is 4.41. The third-order valence-corrected chi connectivity index (χ3v) is 4.60. The number of hydrogen-bond acceptors (Lipinski definition) is 2. The highest BCUT2D eigenvalue weighted by Crippen LogP contribution is 2.34. The van der Waals surface area contributed by atoms with Gasteiger partial charge in [0.25, 0.3) is 0 Å². The quantitative estimate of drug-likeness (QED) is 0.548. The smallest absolute Gasteiger partial charge is 0.0722 e. The Labute approximate surface area is 154 Å². The van der Waals surface area contributed by atoms with Crippen molar-refractivity contribution >= 4 is 22.3 Å². The highest BCUT2D eigenvalue weighted by atomic mass is 15.1. The van der Waals surface area contributed by atoms with E-state index in [2.05, 4.69) is 103 Å². The highest BCUT2D eigenvalue weighted by molar-refractivity contribution is 5.85. The van der Waals surface area contributed by atoms with Crippen molar-refractivity contribution in [1.29, 1.82) is 0 Å². The van der Waals surface area contributed by atoms with Crippen LogP contribution in [0.15, 0.2) is 103 Å². The molecule has 0 amide bonds. The lowest BCUT2D eigenvalue weighted by Crippen LogP contribution is -2.15. The van der Waals surface area contributed by atoms with Gasteiger partial charge in [0.2, 0.25) is 0 Å². The maximum Gasteiger partial charge on any atom is 0.0722 e. The molecule has 0 saturated carbocycles. The zero-order chi connectivity index (χ0) is 18.0.